The topological polar surface area (TPSA) is 79.5 Å². The molecule has 0 bridgehead atoms. The Morgan fingerprint density at radius 2 is 2.00 bits per heavy atom. The van der Waals surface area contributed by atoms with E-state index < -0.39 is 0 Å². The summed E-state index contributed by atoms with van der Waals surface area (Å²) in [5, 5.41) is 5.96. The molecule has 104 valence electrons. The second kappa shape index (κ2) is 8.39. The zero-order chi connectivity index (χ0) is 14.1. The second-order valence-corrected chi connectivity index (χ2v) is 4.33. The van der Waals surface area contributed by atoms with E-state index in [1.54, 1.807) is 0 Å². The molecule has 0 atom stereocenters. The lowest BCUT2D eigenvalue weighted by Crippen LogP contribution is -2.25. The lowest BCUT2D eigenvalue weighted by molar-refractivity contribution is -0.110. The highest BCUT2D eigenvalue weighted by atomic mass is 16.1. The maximum atomic E-state index is 11.7. The largest absolute Gasteiger partial charge is 0.329 e. The number of carbonyl (C=O) groups excluding carboxylic acids is 1. The first-order chi connectivity index (χ1) is 9.15. The van der Waals surface area contributed by atoms with Gasteiger partial charge in [-0.15, -0.1) is 0 Å². The molecule has 0 saturated heterocycles. The van der Waals surface area contributed by atoms with Gasteiger partial charge in [0.1, 0.15) is 0 Å². The SMILES string of the molecule is Cc1cccc(C)c1NC(=O)C=NCCNCCN. The fraction of sp³-hybridized carbons (Fsp3) is 0.429. The Morgan fingerprint density at radius 3 is 2.63 bits per heavy atom. The van der Waals surface area contributed by atoms with Gasteiger partial charge in [-0.3, -0.25) is 9.79 Å². The highest BCUT2D eigenvalue weighted by Crippen LogP contribution is 2.18. The van der Waals surface area contributed by atoms with E-state index in [4.69, 9.17) is 5.73 Å². The third-order valence-corrected chi connectivity index (χ3v) is 2.68. The summed E-state index contributed by atoms with van der Waals surface area (Å²) in [4.78, 5) is 15.8. The number of nitrogens with two attached hydrogens (primary N) is 1. The number of anilines is 1. The van der Waals surface area contributed by atoms with Crippen LogP contribution in [-0.2, 0) is 4.79 Å². The van der Waals surface area contributed by atoms with Crippen LogP contribution in [0.25, 0.3) is 0 Å². The number of benzene rings is 1. The number of hydrogen-bond acceptors (Lipinski definition) is 4. The van der Waals surface area contributed by atoms with Gasteiger partial charge in [0.25, 0.3) is 5.91 Å². The molecule has 0 unspecified atom stereocenters. The average Bonchev–Trinajstić information content (AvgIpc) is 2.38. The number of carbonyl (C=O) groups is 1. The molecule has 0 heterocycles. The summed E-state index contributed by atoms with van der Waals surface area (Å²) in [6.07, 6.45) is 1.33. The van der Waals surface area contributed by atoms with Crippen molar-refractivity contribution in [3.63, 3.8) is 0 Å². The van der Waals surface area contributed by atoms with Crippen molar-refractivity contribution in [2.75, 3.05) is 31.5 Å². The van der Waals surface area contributed by atoms with E-state index in [0.717, 1.165) is 29.9 Å². The number of nitrogens with one attached hydrogen (secondary N) is 2. The molecule has 5 nitrogen and oxygen atoms in total. The van der Waals surface area contributed by atoms with Crippen LogP contribution in [0.4, 0.5) is 5.69 Å². The minimum Gasteiger partial charge on any atom is -0.329 e. The van der Waals surface area contributed by atoms with E-state index in [9.17, 15) is 4.79 Å². The van der Waals surface area contributed by atoms with Crippen LogP contribution in [0.1, 0.15) is 11.1 Å². The Hall–Kier alpha value is -1.72. The van der Waals surface area contributed by atoms with Crippen molar-refractivity contribution in [2.24, 2.45) is 10.7 Å². The van der Waals surface area contributed by atoms with E-state index in [0.29, 0.717) is 13.1 Å². The first-order valence-corrected chi connectivity index (χ1v) is 6.43. The Kier molecular flexibility index (Phi) is 6.78. The fourth-order valence-corrected chi connectivity index (χ4v) is 1.69. The van der Waals surface area contributed by atoms with Crippen LogP contribution >= 0.6 is 0 Å². The number of amides is 1. The van der Waals surface area contributed by atoms with Gasteiger partial charge < -0.3 is 16.4 Å². The monoisotopic (exact) mass is 262 g/mol. The van der Waals surface area contributed by atoms with Gasteiger partial charge in [0.15, 0.2) is 0 Å². The third-order valence-electron chi connectivity index (χ3n) is 2.68. The minimum atomic E-state index is -0.198. The van der Waals surface area contributed by atoms with E-state index in [1.165, 1.54) is 6.21 Å². The van der Waals surface area contributed by atoms with E-state index >= 15 is 0 Å². The van der Waals surface area contributed by atoms with E-state index in [2.05, 4.69) is 15.6 Å². The van der Waals surface area contributed by atoms with E-state index in [1.807, 2.05) is 32.0 Å². The summed E-state index contributed by atoms with van der Waals surface area (Å²) < 4.78 is 0. The first kappa shape index (κ1) is 15.3. The molecular formula is C14H22N4O. The lowest BCUT2D eigenvalue weighted by atomic mass is 10.1. The summed E-state index contributed by atoms with van der Waals surface area (Å²) in [6.45, 7) is 6.61. The third kappa shape index (κ3) is 5.63. The number of hydrogen-bond donors (Lipinski definition) is 3. The van der Waals surface area contributed by atoms with E-state index in [-0.39, 0.29) is 5.91 Å². The van der Waals surface area contributed by atoms with Crippen molar-refractivity contribution in [1.29, 1.82) is 0 Å². The first-order valence-electron chi connectivity index (χ1n) is 6.43. The predicted octanol–water partition coefficient (Wildman–Crippen LogP) is 0.861. The van der Waals surface area contributed by atoms with Crippen molar-refractivity contribution < 1.29 is 4.79 Å². The molecule has 0 aromatic heterocycles. The molecule has 1 rings (SSSR count). The smallest absolute Gasteiger partial charge is 0.266 e. The van der Waals surface area contributed by atoms with Crippen LogP contribution in [-0.4, -0.2) is 38.3 Å². The highest BCUT2D eigenvalue weighted by Gasteiger charge is 2.04. The van der Waals surface area contributed by atoms with Gasteiger partial charge in [0.05, 0.1) is 12.8 Å². The number of aryl methyl sites for hydroxylation is 2. The molecule has 5 heteroatoms. The van der Waals surface area contributed by atoms with Crippen LogP contribution in [0, 0.1) is 13.8 Å². The van der Waals surface area contributed by atoms with Crippen LogP contribution in [0.2, 0.25) is 0 Å². The average molecular weight is 262 g/mol. The standard InChI is InChI=1S/C14H22N4O/c1-11-4-3-5-12(2)14(11)18-13(19)10-17-9-8-16-7-6-15/h3-5,10,16H,6-9,15H2,1-2H3,(H,18,19). The van der Waals surface area contributed by atoms with Crippen LogP contribution < -0.4 is 16.4 Å². The molecule has 0 radical (unpaired) electrons. The van der Waals surface area contributed by atoms with Gasteiger partial charge in [0, 0.05) is 25.3 Å². The molecule has 0 spiro atoms. The summed E-state index contributed by atoms with van der Waals surface area (Å²) in [5.74, 6) is -0.198. The van der Waals surface area contributed by atoms with Crippen LogP contribution in [0.3, 0.4) is 0 Å². The molecule has 0 saturated carbocycles. The zero-order valence-electron chi connectivity index (χ0n) is 11.6. The molecule has 19 heavy (non-hydrogen) atoms. The van der Waals surface area contributed by atoms with Crippen LogP contribution in [0.5, 0.6) is 0 Å². The Labute approximate surface area is 114 Å². The van der Waals surface area contributed by atoms with Gasteiger partial charge in [-0.1, -0.05) is 18.2 Å². The maximum Gasteiger partial charge on any atom is 0.266 e. The molecule has 0 aliphatic carbocycles. The minimum absolute atomic E-state index is 0.198. The summed E-state index contributed by atoms with van der Waals surface area (Å²) in [6, 6.07) is 5.91. The highest BCUT2D eigenvalue weighted by molar-refractivity contribution is 6.31. The second-order valence-electron chi connectivity index (χ2n) is 4.33. The zero-order valence-corrected chi connectivity index (χ0v) is 11.6. The maximum absolute atomic E-state index is 11.7. The van der Waals surface area contributed by atoms with Crippen molar-refractivity contribution in [3.8, 4) is 0 Å². The van der Waals surface area contributed by atoms with Crippen molar-refractivity contribution >= 4 is 17.8 Å². The van der Waals surface area contributed by atoms with Gasteiger partial charge in [0.2, 0.25) is 0 Å². The molecule has 0 aliphatic rings. The predicted molar refractivity (Wildman–Crippen MR) is 79.8 cm³/mol. The molecule has 4 N–H and O–H groups in total. The molecule has 0 aliphatic heterocycles. The molecule has 1 aromatic rings. The van der Waals surface area contributed by atoms with Gasteiger partial charge in [-0.25, -0.2) is 0 Å². The summed E-state index contributed by atoms with van der Waals surface area (Å²) in [5.41, 5.74) is 8.30. The number of rotatable bonds is 7. The summed E-state index contributed by atoms with van der Waals surface area (Å²) in [7, 11) is 0. The quantitative estimate of drug-likeness (QED) is 0.504. The van der Waals surface area contributed by atoms with Crippen LogP contribution in [0.15, 0.2) is 23.2 Å². The normalized spacial score (nSPS) is 10.9. The molecular weight excluding hydrogens is 240 g/mol. The number of aliphatic imine (C=N–C) groups is 1. The fourth-order valence-electron chi connectivity index (χ4n) is 1.69. The number of para-hydroxylation sites is 1. The summed E-state index contributed by atoms with van der Waals surface area (Å²) >= 11 is 0. The molecule has 1 amide bonds. The molecule has 0 fully saturated rings. The Balaban J connectivity index is 2.41. The van der Waals surface area contributed by atoms with Gasteiger partial charge in [-0.2, -0.15) is 0 Å². The van der Waals surface area contributed by atoms with Gasteiger partial charge >= 0.3 is 0 Å². The van der Waals surface area contributed by atoms with Gasteiger partial charge in [-0.05, 0) is 25.0 Å². The van der Waals surface area contributed by atoms with Crippen molar-refractivity contribution in [2.45, 2.75) is 13.8 Å². The van der Waals surface area contributed by atoms with Crippen molar-refractivity contribution in [1.82, 2.24) is 5.32 Å². The lowest BCUT2D eigenvalue weighted by Gasteiger charge is -2.09. The molecule has 1 aromatic carbocycles. The Morgan fingerprint density at radius 1 is 1.32 bits per heavy atom. The Bertz CT molecular complexity index is 423. The number of nitrogens with zero attached hydrogens (tertiary/aromatic N) is 1. The van der Waals surface area contributed by atoms with Crippen molar-refractivity contribution in [3.05, 3.63) is 29.3 Å².